The zero-order valence-corrected chi connectivity index (χ0v) is 42.5. The molecular formula is C50H52N6O20S. The third kappa shape index (κ3) is 11.1. The number of aromatic nitrogens is 3. The third-order valence-corrected chi connectivity index (χ3v) is 14.2. The minimum Gasteiger partial charge on any atom is -0.860 e. The van der Waals surface area contributed by atoms with E-state index in [1.54, 1.807) is 31.2 Å². The van der Waals surface area contributed by atoms with Crippen LogP contribution in [0.15, 0.2) is 59.4 Å². The molecule has 8 rings (SSSR count). The van der Waals surface area contributed by atoms with E-state index in [1.807, 2.05) is 6.92 Å². The van der Waals surface area contributed by atoms with Crippen LogP contribution in [0.4, 0.5) is 10.5 Å². The van der Waals surface area contributed by atoms with Crippen LogP contribution in [0.3, 0.4) is 0 Å². The van der Waals surface area contributed by atoms with E-state index in [0.29, 0.717) is 28.7 Å². The van der Waals surface area contributed by atoms with Gasteiger partial charge >= 0.3 is 42.0 Å². The summed E-state index contributed by atoms with van der Waals surface area (Å²) in [6.45, 7) is 1.06. The van der Waals surface area contributed by atoms with Gasteiger partial charge in [-0.25, -0.2) is 27.8 Å². The maximum absolute atomic E-state index is 13.8. The van der Waals surface area contributed by atoms with Gasteiger partial charge in [-0.2, -0.15) is 0 Å². The van der Waals surface area contributed by atoms with Gasteiger partial charge in [-0.3, -0.25) is 33.2 Å². The number of pyridine rings is 2. The predicted molar refractivity (Wildman–Crippen MR) is 263 cm³/mol. The van der Waals surface area contributed by atoms with Crippen molar-refractivity contribution < 1.29 is 91.2 Å². The molecule has 0 spiro atoms. The van der Waals surface area contributed by atoms with Gasteiger partial charge in [-0.05, 0) is 72.1 Å². The fraction of sp³-hybridized carbons (Fsp3) is 0.380. The topological polar surface area (TPSA) is 374 Å². The number of cyclic esters (lactones) is 1. The lowest BCUT2D eigenvalue weighted by atomic mass is 9.86. The van der Waals surface area contributed by atoms with E-state index in [2.05, 4.69) is 5.32 Å². The molecule has 0 aliphatic carbocycles. The molecule has 3 aromatic heterocycles. The Morgan fingerprint density at radius 2 is 1.77 bits per heavy atom. The van der Waals surface area contributed by atoms with Crippen LogP contribution in [0.25, 0.3) is 22.3 Å². The van der Waals surface area contributed by atoms with Crippen molar-refractivity contribution in [2.24, 2.45) is 0 Å². The number of aryl methyl sites for hydroxylation is 1. The molecule has 408 valence electrons. The van der Waals surface area contributed by atoms with Crippen LogP contribution in [0, 0.1) is 0 Å². The molecule has 3 amide bonds. The number of carbonyl (C=O) groups excluding carboxylic acids is 6. The Labute approximate surface area is 436 Å². The molecule has 3 aliphatic rings. The summed E-state index contributed by atoms with van der Waals surface area (Å²) in [5.41, 5.74) is 0.823. The number of aliphatic hydroxyl groups excluding tert-OH is 2. The number of ketones is 1. The number of nitrogens with one attached hydrogen (secondary N) is 1. The zero-order chi connectivity index (χ0) is 55.8. The summed E-state index contributed by atoms with van der Waals surface area (Å²) < 4.78 is 54.6. The van der Waals surface area contributed by atoms with E-state index in [0.717, 1.165) is 43.9 Å². The van der Waals surface area contributed by atoms with Crippen LogP contribution in [0.5, 0.6) is 23.3 Å². The summed E-state index contributed by atoms with van der Waals surface area (Å²) >= 11 is 0. The van der Waals surface area contributed by atoms with Gasteiger partial charge in [-0.1, -0.05) is 26.0 Å². The molecule has 4 atom stereocenters. The van der Waals surface area contributed by atoms with Crippen LogP contribution in [-0.2, 0) is 81.2 Å². The van der Waals surface area contributed by atoms with Crippen LogP contribution in [0.1, 0.15) is 54.5 Å². The van der Waals surface area contributed by atoms with E-state index in [4.69, 9.17) is 28.4 Å². The quantitative estimate of drug-likeness (QED) is 0.0233. The molecule has 0 saturated heterocycles. The van der Waals surface area contributed by atoms with Crippen molar-refractivity contribution in [3.05, 3.63) is 92.8 Å². The number of carboxylic acid groups (broad SMARTS) is 1. The second-order valence-corrected chi connectivity index (χ2v) is 20.6. The van der Waals surface area contributed by atoms with Crippen molar-refractivity contribution in [2.45, 2.75) is 83.3 Å². The number of amides is 3. The Morgan fingerprint density at radius 1 is 1.04 bits per heavy atom. The van der Waals surface area contributed by atoms with Crippen LogP contribution in [-0.4, -0.2) is 156 Å². The predicted octanol–water partition coefficient (Wildman–Crippen LogP) is -0.728. The number of carbonyl (C=O) groups is 5. The number of rotatable bonds is 18. The molecule has 0 radical (unpaired) electrons. The molecule has 0 fully saturated rings. The Kier molecular flexibility index (Phi) is 15.4. The summed E-state index contributed by atoms with van der Waals surface area (Å²) in [5.74, 6) is -7.92. The number of fused-ring (bicyclic) bond motifs is 5. The number of carboxylic acids is 1. The smallest absolute Gasteiger partial charge is 0.536 e. The van der Waals surface area contributed by atoms with Gasteiger partial charge in [-0.15, -0.1) is 0 Å². The monoisotopic (exact) mass is 1090 g/mol. The maximum Gasteiger partial charge on any atom is 0.536 e. The normalized spacial score (nSPS) is 18.6. The number of sulfone groups is 1. The van der Waals surface area contributed by atoms with E-state index in [9.17, 15) is 72.6 Å². The van der Waals surface area contributed by atoms with E-state index >= 15 is 0 Å². The number of nitrogens with zero attached hydrogens (tertiary/aromatic N) is 5. The maximum atomic E-state index is 13.8. The van der Waals surface area contributed by atoms with Gasteiger partial charge in [0.25, 0.3) is 11.3 Å². The first-order valence-electron chi connectivity index (χ1n) is 23.8. The van der Waals surface area contributed by atoms with Crippen molar-refractivity contribution in [1.82, 2.24) is 23.9 Å². The molecule has 77 heavy (non-hydrogen) atoms. The molecule has 5 aromatic rings. The van der Waals surface area contributed by atoms with Crippen LogP contribution in [0.2, 0.25) is 0 Å². The number of aliphatic carboxylic acids is 1. The number of hydrogen-bond acceptors (Lipinski definition) is 18. The Hall–Kier alpha value is -8.40. The van der Waals surface area contributed by atoms with Gasteiger partial charge in [0.1, 0.15) is 34.5 Å². The molecule has 3 aliphatic heterocycles. The summed E-state index contributed by atoms with van der Waals surface area (Å²) in [6, 6.07) is 12.4. The van der Waals surface area contributed by atoms with Gasteiger partial charge < -0.3 is 64.2 Å². The molecule has 27 heteroatoms. The summed E-state index contributed by atoms with van der Waals surface area (Å²) in [5, 5.41) is 68.6. The van der Waals surface area contributed by atoms with Crippen molar-refractivity contribution in [3.8, 4) is 34.6 Å². The van der Waals surface area contributed by atoms with Crippen molar-refractivity contribution in [3.63, 3.8) is 0 Å². The van der Waals surface area contributed by atoms with Gasteiger partial charge in [0.2, 0.25) is 17.9 Å². The summed E-state index contributed by atoms with van der Waals surface area (Å²) in [6.07, 6.45) is -6.40. The van der Waals surface area contributed by atoms with Gasteiger partial charge in [0, 0.05) is 55.4 Å². The lowest BCUT2D eigenvalue weighted by Gasteiger charge is -2.31. The SMILES string of the molecule is CCc1c2c(nc3ccc(OCN(CCS(C)(=O)=O)C(=O)OCc4ccc(OC5=[O+][C@H](C(=O)O)[C@@H](O)C(=[OH+])[C@H]5O)c(NC(=O)CN(C)C(=O)CCn5c([O-])ccc5[O-])c4)cc13)-c1cc3c(c(=O)n1C2)COC(=O)[C@]3(O)CC. The highest BCUT2D eigenvalue weighted by Gasteiger charge is 2.56. The zero-order valence-electron chi connectivity index (χ0n) is 41.7. The number of benzene rings is 2. The number of likely N-dealkylation sites (N-methyl/N-ethyl adjacent to an activating group) is 1. The summed E-state index contributed by atoms with van der Waals surface area (Å²) in [4.78, 5) is 95.5. The highest BCUT2D eigenvalue weighted by molar-refractivity contribution is 7.90. The minimum absolute atomic E-state index is 0.0225. The number of hydrogen-bond donors (Lipinski definition) is 5. The first-order valence-corrected chi connectivity index (χ1v) is 25.9. The number of anilines is 1. The Balaban J connectivity index is 1.01. The van der Waals surface area contributed by atoms with Crippen molar-refractivity contribution in [2.75, 3.05) is 44.2 Å². The molecule has 0 unspecified atom stereocenters. The minimum atomic E-state index is -3.65. The molecule has 6 N–H and O–H groups in total. The van der Waals surface area contributed by atoms with Crippen molar-refractivity contribution in [1.29, 1.82) is 0 Å². The lowest BCUT2D eigenvalue weighted by molar-refractivity contribution is -0.512. The lowest BCUT2D eigenvalue weighted by Crippen LogP contribution is -2.54. The number of ether oxygens (including phenoxy) is 4. The number of aliphatic hydroxyl groups is 3. The first-order chi connectivity index (χ1) is 36.4. The molecule has 0 bridgehead atoms. The molecule has 0 saturated carbocycles. The highest BCUT2D eigenvalue weighted by Crippen LogP contribution is 2.41. The van der Waals surface area contributed by atoms with E-state index < -0.39 is 118 Å². The second kappa shape index (κ2) is 21.7. The third-order valence-electron chi connectivity index (χ3n) is 13.2. The van der Waals surface area contributed by atoms with Crippen molar-refractivity contribution >= 4 is 68.0 Å². The first kappa shape index (κ1) is 54.8. The second-order valence-electron chi connectivity index (χ2n) is 18.4. The molecule has 6 heterocycles. The fourth-order valence-corrected chi connectivity index (χ4v) is 9.52. The van der Waals surface area contributed by atoms with E-state index in [-0.39, 0.29) is 73.0 Å². The van der Waals surface area contributed by atoms with Crippen LogP contribution >= 0.6 is 0 Å². The molecular weight excluding hydrogens is 1040 g/mol. The van der Waals surface area contributed by atoms with Crippen LogP contribution < -0.4 is 30.6 Å². The standard InChI is InChI=1S/C50H52N6O20S/c1-5-27-28-18-26(8-9-32(28)52-40-29(27)20-56-34(40)19-31-30(45(56)64)23-72-48(67)50(31,69)6-2)74-24-54(15-16-77(4,70)71)49(68)73-22-25-7-10-35(75-47-43(63)41(61)42(62)44(76-47)46(65)66)33(17-25)51-36(57)21-53(3)37(58)13-14-55-38(59)11-12-39(55)60/h7-12,17-19,42-44,62-63,69H,5-6,13-16,20-24H2,1-4H3,(H3-,51,52,57,59,60,64,65,66)/t42-,43+,44-,50-/m0/s1. The Morgan fingerprint density at radius 3 is 2.44 bits per heavy atom. The largest absolute Gasteiger partial charge is 0.860 e. The highest BCUT2D eigenvalue weighted by atomic mass is 32.2. The van der Waals surface area contributed by atoms with E-state index in [1.165, 1.54) is 29.8 Å². The number of esters is 2. The van der Waals surface area contributed by atoms with Gasteiger partial charge in [0.05, 0.1) is 41.3 Å². The molecule has 26 nitrogen and oxygen atoms in total. The Bertz CT molecular complexity index is 3440. The average Bonchev–Trinajstić information content (AvgIpc) is 4.11. The molecule has 2 aromatic carbocycles. The fourth-order valence-electron chi connectivity index (χ4n) is 8.97. The summed E-state index contributed by atoms with van der Waals surface area (Å²) in [7, 11) is -2.37. The average molecular weight is 1090 g/mol. The van der Waals surface area contributed by atoms with Gasteiger partial charge in [0.15, 0.2) is 12.3 Å².